The second kappa shape index (κ2) is 5.79. The number of hydrogen-bond acceptors (Lipinski definition) is 7. The van der Waals surface area contributed by atoms with Gasteiger partial charge in [-0.3, -0.25) is 19.8 Å². The summed E-state index contributed by atoms with van der Waals surface area (Å²) in [6.45, 7) is -2.83. The fourth-order valence-electron chi connectivity index (χ4n) is 1.62. The van der Waals surface area contributed by atoms with Crippen molar-refractivity contribution in [3.63, 3.8) is 0 Å². The van der Waals surface area contributed by atoms with E-state index in [4.69, 9.17) is 20.5 Å². The van der Waals surface area contributed by atoms with E-state index in [9.17, 15) is 14.4 Å². The smallest absolute Gasteiger partial charge is 0.347 e. The van der Waals surface area contributed by atoms with Gasteiger partial charge in [-0.15, -0.1) is 0 Å². The summed E-state index contributed by atoms with van der Waals surface area (Å²) in [5.41, 5.74) is 0. The third kappa shape index (κ3) is 2.44. The quantitative estimate of drug-likeness (QED) is 0.188. The summed E-state index contributed by atoms with van der Waals surface area (Å²) in [5.74, 6) is -1.01. The highest BCUT2D eigenvalue weighted by Gasteiger charge is 2.49. The average molecular weight is 278 g/mol. The Morgan fingerprint density at radius 3 is 2.21 bits per heavy atom. The first-order valence-electron chi connectivity index (χ1n) is 5.08. The Morgan fingerprint density at radius 1 is 1.26 bits per heavy atom. The molecule has 0 aromatic rings. The minimum atomic E-state index is -1.64. The van der Waals surface area contributed by atoms with Gasteiger partial charge in [-0.2, -0.15) is 0 Å². The molecule has 108 valence electrons. The van der Waals surface area contributed by atoms with Gasteiger partial charge in [-0.05, 0) is 0 Å². The summed E-state index contributed by atoms with van der Waals surface area (Å²) in [6.07, 6.45) is -1.64. The Morgan fingerprint density at radius 2 is 1.84 bits per heavy atom. The van der Waals surface area contributed by atoms with E-state index in [2.05, 4.69) is 0 Å². The number of hydroxylamine groups is 2. The van der Waals surface area contributed by atoms with Gasteiger partial charge in [0.15, 0.2) is 6.17 Å². The van der Waals surface area contributed by atoms with Crippen LogP contribution in [0.2, 0.25) is 0 Å². The van der Waals surface area contributed by atoms with Crippen LogP contribution in [-0.4, -0.2) is 91.7 Å². The van der Waals surface area contributed by atoms with E-state index in [-0.39, 0.29) is 5.06 Å². The Labute approximate surface area is 107 Å². The lowest BCUT2D eigenvalue weighted by Crippen LogP contribution is -2.55. The monoisotopic (exact) mass is 278 g/mol. The highest BCUT2D eigenvalue weighted by Crippen LogP contribution is 2.20. The molecule has 0 aromatic heterocycles. The van der Waals surface area contributed by atoms with E-state index >= 15 is 0 Å². The summed E-state index contributed by atoms with van der Waals surface area (Å²) >= 11 is 0. The molecule has 1 fully saturated rings. The predicted octanol–water partition coefficient (Wildman–Crippen LogP) is -2.83. The molecule has 0 aromatic carbocycles. The number of carbonyl (C=O) groups is 3. The lowest BCUT2D eigenvalue weighted by molar-refractivity contribution is -0.138. The van der Waals surface area contributed by atoms with Crippen LogP contribution in [0.4, 0.5) is 9.59 Å². The molecule has 0 aliphatic carbocycles. The van der Waals surface area contributed by atoms with Crippen molar-refractivity contribution in [1.29, 1.82) is 0 Å². The molecule has 1 aliphatic heterocycles. The first kappa shape index (κ1) is 15.1. The van der Waals surface area contributed by atoms with Crippen LogP contribution in [0.1, 0.15) is 0 Å². The zero-order valence-electron chi connectivity index (χ0n) is 10.0. The minimum absolute atomic E-state index is 0.102. The Kier molecular flexibility index (Phi) is 4.61. The predicted molar refractivity (Wildman–Crippen MR) is 55.9 cm³/mol. The van der Waals surface area contributed by atoms with Crippen LogP contribution < -0.4 is 0 Å². The second-order valence-electron chi connectivity index (χ2n) is 3.59. The molecule has 1 saturated heterocycles. The molecule has 0 bridgehead atoms. The molecule has 0 radical (unpaired) electrons. The Bertz CT molecular complexity index is 387. The van der Waals surface area contributed by atoms with Gasteiger partial charge in [0.1, 0.15) is 20.2 Å². The highest BCUT2D eigenvalue weighted by molar-refractivity contribution is 6.05. The molecule has 5 amide bonds. The highest BCUT2D eigenvalue weighted by atomic mass is 16.5. The molecule has 19 heavy (non-hydrogen) atoms. The van der Waals surface area contributed by atoms with Crippen LogP contribution >= 0.6 is 0 Å². The van der Waals surface area contributed by atoms with E-state index < -0.39 is 44.3 Å². The minimum Gasteiger partial charge on any atom is -0.376 e. The SMILES string of the molecule is CN(O)C(=O)N(CO)C1C(=O)N(CO)C(=O)N1CO. The van der Waals surface area contributed by atoms with Crippen molar-refractivity contribution < 1.29 is 34.9 Å². The Hall–Kier alpha value is -1.95. The van der Waals surface area contributed by atoms with Crippen molar-refractivity contribution in [1.82, 2.24) is 19.8 Å². The maximum absolute atomic E-state index is 11.8. The average Bonchev–Trinajstić information content (AvgIpc) is 2.61. The number of aliphatic hydroxyl groups excluding tert-OH is 3. The van der Waals surface area contributed by atoms with Crippen molar-refractivity contribution in [3.8, 4) is 0 Å². The maximum Gasteiger partial charge on any atom is 0.347 e. The Balaban J connectivity index is 3.11. The van der Waals surface area contributed by atoms with Crippen molar-refractivity contribution in [3.05, 3.63) is 0 Å². The van der Waals surface area contributed by atoms with Crippen LogP contribution in [0.3, 0.4) is 0 Å². The van der Waals surface area contributed by atoms with Gasteiger partial charge >= 0.3 is 12.1 Å². The molecule has 1 aliphatic rings. The zero-order valence-corrected chi connectivity index (χ0v) is 10.0. The summed E-state index contributed by atoms with van der Waals surface area (Å²) in [4.78, 5) is 36.4. The first-order valence-corrected chi connectivity index (χ1v) is 5.08. The summed E-state index contributed by atoms with van der Waals surface area (Å²) in [6, 6.07) is -2.18. The normalized spacial score (nSPS) is 19.1. The molecule has 1 unspecified atom stereocenters. The summed E-state index contributed by atoms with van der Waals surface area (Å²) in [5, 5.41) is 36.1. The van der Waals surface area contributed by atoms with Gasteiger partial charge in [0, 0.05) is 7.05 Å². The van der Waals surface area contributed by atoms with Gasteiger partial charge in [-0.1, -0.05) is 0 Å². The molecule has 1 rings (SSSR count). The van der Waals surface area contributed by atoms with Crippen LogP contribution in [0, 0.1) is 0 Å². The largest absolute Gasteiger partial charge is 0.376 e. The zero-order chi connectivity index (χ0) is 14.7. The van der Waals surface area contributed by atoms with E-state index in [0.717, 1.165) is 7.05 Å². The number of hydrogen-bond donors (Lipinski definition) is 4. The van der Waals surface area contributed by atoms with Gasteiger partial charge in [0.2, 0.25) is 0 Å². The van der Waals surface area contributed by atoms with Crippen LogP contribution in [-0.2, 0) is 4.79 Å². The molecule has 1 heterocycles. The maximum atomic E-state index is 11.8. The topological polar surface area (TPSA) is 145 Å². The van der Waals surface area contributed by atoms with Crippen LogP contribution in [0.15, 0.2) is 0 Å². The fraction of sp³-hybridized carbons (Fsp3) is 0.625. The molecule has 0 saturated carbocycles. The molecular formula is C8H14N4O7. The summed E-state index contributed by atoms with van der Waals surface area (Å²) < 4.78 is 0. The van der Waals surface area contributed by atoms with Crippen molar-refractivity contribution in [2.75, 3.05) is 27.2 Å². The summed E-state index contributed by atoms with van der Waals surface area (Å²) in [7, 11) is 0.958. The van der Waals surface area contributed by atoms with Gasteiger partial charge in [0.25, 0.3) is 5.91 Å². The standard InChI is InChI=1S/C8H14N4O7/c1-9(19)7(17)10(2-13)5-6(16)12(4-15)8(18)11(5)3-14/h5,13-15,19H,2-4H2,1H3. The van der Waals surface area contributed by atoms with E-state index in [0.29, 0.717) is 14.7 Å². The van der Waals surface area contributed by atoms with Gasteiger partial charge in [0.05, 0.1) is 0 Å². The number of aliphatic hydroxyl groups is 3. The van der Waals surface area contributed by atoms with E-state index in [1.165, 1.54) is 0 Å². The number of nitrogens with zero attached hydrogens (tertiary/aromatic N) is 4. The van der Waals surface area contributed by atoms with E-state index in [1.807, 2.05) is 0 Å². The fourth-order valence-corrected chi connectivity index (χ4v) is 1.62. The third-order valence-electron chi connectivity index (χ3n) is 2.52. The van der Waals surface area contributed by atoms with Crippen molar-refractivity contribution >= 4 is 18.0 Å². The lowest BCUT2D eigenvalue weighted by atomic mass is 10.4. The lowest BCUT2D eigenvalue weighted by Gasteiger charge is -2.30. The number of amides is 5. The molecule has 0 spiro atoms. The molecule has 4 N–H and O–H groups in total. The van der Waals surface area contributed by atoms with E-state index in [1.54, 1.807) is 0 Å². The number of urea groups is 2. The van der Waals surface area contributed by atoms with Gasteiger partial charge < -0.3 is 15.3 Å². The molecule has 1 atom stereocenters. The molecule has 11 heteroatoms. The molecular weight excluding hydrogens is 264 g/mol. The van der Waals surface area contributed by atoms with Crippen molar-refractivity contribution in [2.24, 2.45) is 0 Å². The molecule has 11 nitrogen and oxygen atoms in total. The second-order valence-corrected chi connectivity index (χ2v) is 3.59. The van der Waals surface area contributed by atoms with Crippen molar-refractivity contribution in [2.45, 2.75) is 6.17 Å². The number of carbonyl (C=O) groups excluding carboxylic acids is 3. The van der Waals surface area contributed by atoms with Gasteiger partial charge in [-0.25, -0.2) is 19.6 Å². The number of imide groups is 1. The third-order valence-corrected chi connectivity index (χ3v) is 2.52. The first-order chi connectivity index (χ1) is 8.90. The number of rotatable bonds is 4. The van der Waals surface area contributed by atoms with Crippen LogP contribution in [0.25, 0.3) is 0 Å². The van der Waals surface area contributed by atoms with Crippen LogP contribution in [0.5, 0.6) is 0 Å².